The predicted molar refractivity (Wildman–Crippen MR) is 48.5 cm³/mol. The number of likely N-dealkylation sites (N-methyl/N-ethyl adjacent to an activating group) is 1. The van der Waals surface area contributed by atoms with Gasteiger partial charge in [-0.3, -0.25) is 0 Å². The van der Waals surface area contributed by atoms with Crippen LogP contribution in [0.3, 0.4) is 0 Å². The first-order valence-corrected chi connectivity index (χ1v) is 4.75. The number of rotatable bonds is 4. The van der Waals surface area contributed by atoms with Crippen LogP contribution in [-0.2, 0) is 14.3 Å². The summed E-state index contributed by atoms with van der Waals surface area (Å²) in [4.78, 5) is 11.6. The molecule has 1 fully saturated rings. The smallest absolute Gasteiger partial charge is 0.328 e. The van der Waals surface area contributed by atoms with Gasteiger partial charge in [0.15, 0.2) is 0 Å². The van der Waals surface area contributed by atoms with Crippen molar-refractivity contribution in [1.29, 1.82) is 0 Å². The lowest BCUT2D eigenvalue weighted by atomic mass is 9.99. The first kappa shape index (κ1) is 10.5. The van der Waals surface area contributed by atoms with Gasteiger partial charge in [-0.15, -0.1) is 0 Å². The Hall–Kier alpha value is -0.610. The molecule has 0 radical (unpaired) electrons. The monoisotopic (exact) mass is 187 g/mol. The second kappa shape index (κ2) is 4.58. The van der Waals surface area contributed by atoms with Crippen molar-refractivity contribution in [2.45, 2.75) is 25.8 Å². The fourth-order valence-electron chi connectivity index (χ4n) is 1.55. The van der Waals surface area contributed by atoms with Crippen molar-refractivity contribution >= 4 is 5.97 Å². The van der Waals surface area contributed by atoms with Gasteiger partial charge in [-0.2, -0.15) is 0 Å². The number of esters is 1. The zero-order chi connectivity index (χ0) is 9.73. The van der Waals surface area contributed by atoms with Crippen molar-refractivity contribution in [2.24, 2.45) is 0 Å². The quantitative estimate of drug-likeness (QED) is 0.644. The van der Waals surface area contributed by atoms with Crippen LogP contribution in [0, 0.1) is 0 Å². The highest BCUT2D eigenvalue weighted by molar-refractivity contribution is 5.81. The van der Waals surface area contributed by atoms with E-state index in [9.17, 15) is 4.79 Å². The summed E-state index contributed by atoms with van der Waals surface area (Å²) in [6.07, 6.45) is 0.708. The maximum Gasteiger partial charge on any atom is 0.328 e. The summed E-state index contributed by atoms with van der Waals surface area (Å²) < 4.78 is 10.2. The third-order valence-electron chi connectivity index (χ3n) is 2.20. The molecule has 1 saturated heterocycles. The molecule has 0 aromatic rings. The van der Waals surface area contributed by atoms with Crippen LogP contribution in [0.2, 0.25) is 0 Å². The zero-order valence-corrected chi connectivity index (χ0v) is 8.26. The zero-order valence-electron chi connectivity index (χ0n) is 8.26. The third kappa shape index (κ3) is 2.19. The van der Waals surface area contributed by atoms with Crippen LogP contribution < -0.4 is 5.32 Å². The molecule has 76 valence electrons. The fraction of sp³-hybridized carbons (Fsp3) is 0.889. The van der Waals surface area contributed by atoms with Gasteiger partial charge in [0.1, 0.15) is 5.54 Å². The van der Waals surface area contributed by atoms with Gasteiger partial charge in [0.2, 0.25) is 0 Å². The molecule has 1 N–H and O–H groups in total. The molecule has 13 heavy (non-hydrogen) atoms. The third-order valence-corrected chi connectivity index (χ3v) is 2.20. The summed E-state index contributed by atoms with van der Waals surface area (Å²) in [5.41, 5.74) is -0.579. The number of ether oxygens (including phenoxy) is 2. The molecule has 1 rings (SSSR count). The summed E-state index contributed by atoms with van der Waals surface area (Å²) in [6, 6.07) is 0. The van der Waals surface area contributed by atoms with E-state index in [0.717, 1.165) is 6.54 Å². The molecule has 1 aliphatic rings. The molecule has 0 saturated carbocycles. The highest BCUT2D eigenvalue weighted by atomic mass is 16.5. The molecule has 4 heteroatoms. The van der Waals surface area contributed by atoms with Crippen LogP contribution >= 0.6 is 0 Å². The number of carbonyl (C=O) groups excluding carboxylic acids is 1. The van der Waals surface area contributed by atoms with Gasteiger partial charge >= 0.3 is 5.97 Å². The van der Waals surface area contributed by atoms with Crippen LogP contribution in [0.15, 0.2) is 0 Å². The molecule has 0 aromatic carbocycles. The van der Waals surface area contributed by atoms with Crippen LogP contribution in [-0.4, -0.2) is 37.9 Å². The van der Waals surface area contributed by atoms with E-state index in [0.29, 0.717) is 26.2 Å². The maximum absolute atomic E-state index is 11.6. The van der Waals surface area contributed by atoms with Crippen LogP contribution in [0.5, 0.6) is 0 Å². The molecule has 0 amide bonds. The van der Waals surface area contributed by atoms with E-state index in [1.165, 1.54) is 0 Å². The van der Waals surface area contributed by atoms with Gasteiger partial charge in [0.25, 0.3) is 0 Å². The van der Waals surface area contributed by atoms with Crippen molar-refractivity contribution < 1.29 is 14.3 Å². The van der Waals surface area contributed by atoms with E-state index in [1.54, 1.807) is 0 Å². The molecule has 1 heterocycles. The van der Waals surface area contributed by atoms with Gasteiger partial charge < -0.3 is 14.8 Å². The minimum Gasteiger partial charge on any atom is -0.465 e. The Morgan fingerprint density at radius 3 is 2.85 bits per heavy atom. The second-order valence-electron chi connectivity index (χ2n) is 3.14. The lowest BCUT2D eigenvalue weighted by Gasteiger charge is -2.25. The summed E-state index contributed by atoms with van der Waals surface area (Å²) >= 11 is 0. The average molecular weight is 187 g/mol. The normalized spacial score (nSPS) is 27.5. The Morgan fingerprint density at radius 2 is 2.38 bits per heavy atom. The van der Waals surface area contributed by atoms with Gasteiger partial charge in [-0.25, -0.2) is 4.79 Å². The summed E-state index contributed by atoms with van der Waals surface area (Å²) in [6.45, 7) is 6.02. The lowest BCUT2D eigenvalue weighted by Crippen LogP contribution is -2.53. The highest BCUT2D eigenvalue weighted by Crippen LogP contribution is 2.20. The molecule has 1 aliphatic heterocycles. The van der Waals surface area contributed by atoms with E-state index in [-0.39, 0.29) is 5.97 Å². The van der Waals surface area contributed by atoms with Crippen molar-refractivity contribution in [2.75, 3.05) is 26.4 Å². The Labute approximate surface area is 78.6 Å². The standard InChI is InChI=1S/C9H17NO3/c1-3-10-9(5-6-12-7-9)8(11)13-4-2/h10H,3-7H2,1-2H3. The van der Waals surface area contributed by atoms with Gasteiger partial charge in [-0.05, 0) is 13.5 Å². The van der Waals surface area contributed by atoms with Crippen LogP contribution in [0.1, 0.15) is 20.3 Å². The molecular weight excluding hydrogens is 170 g/mol. The molecule has 0 aromatic heterocycles. The largest absolute Gasteiger partial charge is 0.465 e. The number of hydrogen-bond acceptors (Lipinski definition) is 4. The number of nitrogens with one attached hydrogen (secondary N) is 1. The molecule has 4 nitrogen and oxygen atoms in total. The molecule has 0 aliphatic carbocycles. The molecule has 0 bridgehead atoms. The first-order chi connectivity index (χ1) is 6.25. The molecule has 1 atom stereocenters. The topological polar surface area (TPSA) is 47.6 Å². The van der Waals surface area contributed by atoms with Crippen molar-refractivity contribution in [3.8, 4) is 0 Å². The fourth-order valence-corrected chi connectivity index (χ4v) is 1.55. The SMILES string of the molecule is CCNC1(C(=O)OCC)CCOC1. The van der Waals surface area contributed by atoms with E-state index in [2.05, 4.69) is 5.32 Å². The molecule has 0 spiro atoms. The average Bonchev–Trinajstić information content (AvgIpc) is 2.55. The summed E-state index contributed by atoms with van der Waals surface area (Å²) in [5, 5.41) is 3.14. The van der Waals surface area contributed by atoms with E-state index in [1.807, 2.05) is 13.8 Å². The number of hydrogen-bond donors (Lipinski definition) is 1. The van der Waals surface area contributed by atoms with Crippen molar-refractivity contribution in [3.05, 3.63) is 0 Å². The maximum atomic E-state index is 11.6. The van der Waals surface area contributed by atoms with Gasteiger partial charge in [0.05, 0.1) is 13.2 Å². The Kier molecular flexibility index (Phi) is 3.69. The summed E-state index contributed by atoms with van der Waals surface area (Å²) in [5.74, 6) is -0.186. The van der Waals surface area contributed by atoms with Gasteiger partial charge in [0, 0.05) is 13.0 Å². The highest BCUT2D eigenvalue weighted by Gasteiger charge is 2.42. The van der Waals surface area contributed by atoms with E-state index < -0.39 is 5.54 Å². The predicted octanol–water partition coefficient (Wildman–Crippen LogP) is 0.318. The summed E-state index contributed by atoms with van der Waals surface area (Å²) in [7, 11) is 0. The van der Waals surface area contributed by atoms with Crippen molar-refractivity contribution in [1.82, 2.24) is 5.32 Å². The Morgan fingerprint density at radius 1 is 1.62 bits per heavy atom. The number of carbonyl (C=O) groups is 1. The van der Waals surface area contributed by atoms with Gasteiger partial charge in [-0.1, -0.05) is 6.92 Å². The van der Waals surface area contributed by atoms with Crippen LogP contribution in [0.25, 0.3) is 0 Å². The lowest BCUT2D eigenvalue weighted by molar-refractivity contribution is -0.151. The minimum atomic E-state index is -0.579. The minimum absolute atomic E-state index is 0.186. The van der Waals surface area contributed by atoms with E-state index in [4.69, 9.17) is 9.47 Å². The Balaban J connectivity index is 2.60. The first-order valence-electron chi connectivity index (χ1n) is 4.75. The molecular formula is C9H17NO3. The van der Waals surface area contributed by atoms with Crippen molar-refractivity contribution in [3.63, 3.8) is 0 Å². The Bertz CT molecular complexity index is 176. The molecule has 1 unspecified atom stereocenters. The van der Waals surface area contributed by atoms with E-state index >= 15 is 0 Å². The second-order valence-corrected chi connectivity index (χ2v) is 3.14. The van der Waals surface area contributed by atoms with Crippen LogP contribution in [0.4, 0.5) is 0 Å².